The molecule has 17 heavy (non-hydrogen) atoms. The largest absolute Gasteiger partial charge is 0.433 e. The maximum absolute atomic E-state index is 12.4. The van der Waals surface area contributed by atoms with Gasteiger partial charge in [0.05, 0.1) is 6.61 Å². The second-order valence-electron chi connectivity index (χ2n) is 3.26. The van der Waals surface area contributed by atoms with Crippen LogP contribution < -0.4 is 10.5 Å². The van der Waals surface area contributed by atoms with Crippen LogP contribution in [-0.4, -0.2) is 34.8 Å². The zero-order valence-electron chi connectivity index (χ0n) is 9.08. The highest BCUT2D eigenvalue weighted by Gasteiger charge is 2.33. The van der Waals surface area contributed by atoms with Gasteiger partial charge in [-0.2, -0.15) is 13.2 Å². The first kappa shape index (κ1) is 13.5. The van der Waals surface area contributed by atoms with Gasteiger partial charge >= 0.3 is 6.18 Å². The Balaban J connectivity index is 3.17. The van der Waals surface area contributed by atoms with E-state index in [0.717, 1.165) is 0 Å². The van der Waals surface area contributed by atoms with Crippen molar-refractivity contribution in [2.45, 2.75) is 13.1 Å². The topological polar surface area (TPSA) is 69.2 Å². The summed E-state index contributed by atoms with van der Waals surface area (Å²) < 4.78 is 37.3. The molecule has 0 saturated heterocycles. The molecule has 0 aromatic carbocycles. The number of aliphatic hydroxyl groups is 1. The highest BCUT2D eigenvalue weighted by atomic mass is 19.4. The Morgan fingerprint density at radius 2 is 2.18 bits per heavy atom. The van der Waals surface area contributed by atoms with E-state index in [1.54, 1.807) is 6.92 Å². The predicted molar refractivity (Wildman–Crippen MR) is 54.8 cm³/mol. The van der Waals surface area contributed by atoms with Crippen molar-refractivity contribution in [1.82, 2.24) is 9.97 Å². The van der Waals surface area contributed by atoms with E-state index in [1.165, 1.54) is 4.90 Å². The number of anilines is 1. The van der Waals surface area contributed by atoms with Crippen LogP contribution >= 0.6 is 0 Å². The third-order valence-electron chi connectivity index (χ3n) is 2.07. The molecule has 0 bridgehead atoms. The maximum Gasteiger partial charge on any atom is 0.433 e. The molecule has 1 aromatic heterocycles. The number of nitrogens with zero attached hydrogens (tertiary/aromatic N) is 2. The third-order valence-corrected chi connectivity index (χ3v) is 2.07. The SMILES string of the molecule is CCN(CCO)c1nc(C(F)(F)F)cc(=O)[nH]1. The summed E-state index contributed by atoms with van der Waals surface area (Å²) in [6.45, 7) is 1.86. The van der Waals surface area contributed by atoms with Gasteiger partial charge in [0.25, 0.3) is 5.56 Å². The predicted octanol–water partition coefficient (Wildman–Crippen LogP) is 0.607. The molecule has 1 heterocycles. The van der Waals surface area contributed by atoms with Crippen molar-refractivity contribution < 1.29 is 18.3 Å². The quantitative estimate of drug-likeness (QED) is 0.822. The van der Waals surface area contributed by atoms with Gasteiger partial charge in [0.15, 0.2) is 5.69 Å². The van der Waals surface area contributed by atoms with Gasteiger partial charge in [-0.15, -0.1) is 0 Å². The zero-order chi connectivity index (χ0) is 13.1. The fourth-order valence-electron chi connectivity index (χ4n) is 1.27. The molecule has 0 radical (unpaired) electrons. The van der Waals surface area contributed by atoms with Crippen LogP contribution in [0.3, 0.4) is 0 Å². The Kier molecular flexibility index (Phi) is 4.11. The van der Waals surface area contributed by atoms with E-state index >= 15 is 0 Å². The second kappa shape index (κ2) is 5.17. The average molecular weight is 251 g/mol. The van der Waals surface area contributed by atoms with Crippen molar-refractivity contribution in [2.75, 3.05) is 24.6 Å². The van der Waals surface area contributed by atoms with Crippen molar-refractivity contribution in [3.63, 3.8) is 0 Å². The third kappa shape index (κ3) is 3.45. The number of nitrogens with one attached hydrogen (secondary N) is 1. The minimum Gasteiger partial charge on any atom is -0.395 e. The van der Waals surface area contributed by atoms with Gasteiger partial charge in [0, 0.05) is 19.2 Å². The Hall–Kier alpha value is -1.57. The summed E-state index contributed by atoms with van der Waals surface area (Å²) in [7, 11) is 0. The van der Waals surface area contributed by atoms with Gasteiger partial charge < -0.3 is 10.0 Å². The number of alkyl halides is 3. The lowest BCUT2D eigenvalue weighted by Crippen LogP contribution is -2.31. The van der Waals surface area contributed by atoms with Crippen LogP contribution in [0.2, 0.25) is 0 Å². The second-order valence-corrected chi connectivity index (χ2v) is 3.26. The number of aromatic amines is 1. The number of aliphatic hydroxyl groups excluding tert-OH is 1. The molecule has 0 saturated carbocycles. The molecular weight excluding hydrogens is 239 g/mol. The van der Waals surface area contributed by atoms with E-state index in [0.29, 0.717) is 12.6 Å². The minimum absolute atomic E-state index is 0.0980. The molecule has 0 aliphatic rings. The molecule has 8 heteroatoms. The zero-order valence-corrected chi connectivity index (χ0v) is 9.08. The average Bonchev–Trinajstić information content (AvgIpc) is 2.23. The van der Waals surface area contributed by atoms with Crippen LogP contribution in [0.1, 0.15) is 12.6 Å². The van der Waals surface area contributed by atoms with Crippen LogP contribution in [0.5, 0.6) is 0 Å². The van der Waals surface area contributed by atoms with Crippen LogP contribution in [0.4, 0.5) is 19.1 Å². The van der Waals surface area contributed by atoms with Crippen LogP contribution in [0, 0.1) is 0 Å². The molecule has 5 nitrogen and oxygen atoms in total. The number of aromatic nitrogens is 2. The number of halogens is 3. The fraction of sp³-hybridized carbons (Fsp3) is 0.556. The van der Waals surface area contributed by atoms with Crippen molar-refractivity contribution in [3.05, 3.63) is 22.1 Å². The summed E-state index contributed by atoms with van der Waals surface area (Å²) in [4.78, 5) is 18.0. The Bertz CT molecular complexity index is 430. The monoisotopic (exact) mass is 251 g/mol. The Morgan fingerprint density at radius 1 is 1.53 bits per heavy atom. The molecule has 1 aromatic rings. The van der Waals surface area contributed by atoms with E-state index in [9.17, 15) is 18.0 Å². The highest BCUT2D eigenvalue weighted by Crippen LogP contribution is 2.27. The lowest BCUT2D eigenvalue weighted by molar-refractivity contribution is -0.141. The molecule has 0 aliphatic heterocycles. The lowest BCUT2D eigenvalue weighted by Gasteiger charge is -2.20. The molecule has 1 rings (SSSR count). The summed E-state index contributed by atoms with van der Waals surface area (Å²) in [5.74, 6) is -0.193. The van der Waals surface area contributed by atoms with Crippen LogP contribution in [-0.2, 0) is 6.18 Å². The molecular formula is C9H12F3N3O2. The molecule has 2 N–H and O–H groups in total. The van der Waals surface area contributed by atoms with Crippen molar-refractivity contribution in [2.24, 2.45) is 0 Å². The molecule has 0 fully saturated rings. The summed E-state index contributed by atoms with van der Waals surface area (Å²) >= 11 is 0. The fourth-order valence-corrected chi connectivity index (χ4v) is 1.27. The molecule has 0 aliphatic carbocycles. The van der Waals surface area contributed by atoms with Crippen LogP contribution in [0.25, 0.3) is 0 Å². The normalized spacial score (nSPS) is 11.6. The van der Waals surface area contributed by atoms with E-state index in [2.05, 4.69) is 9.97 Å². The standard InChI is InChI=1S/C9H12F3N3O2/c1-2-15(3-4-16)8-13-6(9(10,11)12)5-7(17)14-8/h5,16H,2-4H2,1H3,(H,13,14,17). The van der Waals surface area contributed by atoms with E-state index < -0.39 is 17.4 Å². The molecule has 0 amide bonds. The first-order valence-electron chi connectivity index (χ1n) is 4.93. The number of H-pyrrole nitrogens is 1. The maximum atomic E-state index is 12.4. The van der Waals surface area contributed by atoms with E-state index in [1.807, 2.05) is 0 Å². The van der Waals surface area contributed by atoms with Crippen LogP contribution in [0.15, 0.2) is 10.9 Å². The van der Waals surface area contributed by atoms with E-state index in [-0.39, 0.29) is 19.1 Å². The Morgan fingerprint density at radius 3 is 2.65 bits per heavy atom. The minimum atomic E-state index is -4.67. The number of rotatable bonds is 4. The smallest absolute Gasteiger partial charge is 0.395 e. The molecule has 0 spiro atoms. The van der Waals surface area contributed by atoms with E-state index in [4.69, 9.17) is 5.11 Å². The molecule has 0 unspecified atom stereocenters. The first-order valence-corrected chi connectivity index (χ1v) is 4.93. The lowest BCUT2D eigenvalue weighted by atomic mass is 10.4. The first-order chi connectivity index (χ1) is 7.88. The van der Waals surface area contributed by atoms with Crippen molar-refractivity contribution >= 4 is 5.95 Å². The summed E-state index contributed by atoms with van der Waals surface area (Å²) in [5.41, 5.74) is -2.12. The van der Waals surface area contributed by atoms with Gasteiger partial charge in [-0.25, -0.2) is 4.98 Å². The number of hydrogen-bond donors (Lipinski definition) is 2. The molecule has 96 valence electrons. The van der Waals surface area contributed by atoms with Crippen molar-refractivity contribution in [1.29, 1.82) is 0 Å². The molecule has 0 atom stereocenters. The highest BCUT2D eigenvalue weighted by molar-refractivity contribution is 5.30. The summed E-state index contributed by atoms with van der Waals surface area (Å²) in [5, 5.41) is 8.74. The van der Waals surface area contributed by atoms with Gasteiger partial charge in [-0.3, -0.25) is 9.78 Å². The van der Waals surface area contributed by atoms with Gasteiger partial charge in [0.2, 0.25) is 5.95 Å². The number of hydrogen-bond acceptors (Lipinski definition) is 4. The van der Waals surface area contributed by atoms with Gasteiger partial charge in [-0.1, -0.05) is 0 Å². The van der Waals surface area contributed by atoms with Gasteiger partial charge in [-0.05, 0) is 6.92 Å². The Labute approximate surface area is 94.9 Å². The summed E-state index contributed by atoms with van der Waals surface area (Å²) in [6.07, 6.45) is -4.67. The van der Waals surface area contributed by atoms with Crippen molar-refractivity contribution in [3.8, 4) is 0 Å². The number of likely N-dealkylation sites (N-methyl/N-ethyl adjacent to an activating group) is 1. The van der Waals surface area contributed by atoms with Gasteiger partial charge in [0.1, 0.15) is 0 Å². The summed E-state index contributed by atoms with van der Waals surface area (Å²) in [6, 6.07) is 0.399.